The molecule has 0 radical (unpaired) electrons. The molecule has 8 heteroatoms. The summed E-state index contributed by atoms with van der Waals surface area (Å²) >= 11 is 0. The normalized spacial score (nSPS) is 12.1. The highest BCUT2D eigenvalue weighted by molar-refractivity contribution is 14.0. The van der Waals surface area contributed by atoms with Crippen LogP contribution in [-0.2, 0) is 10.0 Å². The Morgan fingerprint density at radius 1 is 1.05 bits per heavy atom. The predicted octanol–water partition coefficient (Wildman–Crippen LogP) is 1.53. The van der Waals surface area contributed by atoms with Crippen molar-refractivity contribution in [3.05, 3.63) is 0 Å². The smallest absolute Gasteiger partial charge is 0.211 e. The molecule has 0 amide bonds. The predicted molar refractivity (Wildman–Crippen MR) is 101 cm³/mol. The third-order valence-electron chi connectivity index (χ3n) is 3.13. The van der Waals surface area contributed by atoms with Crippen molar-refractivity contribution < 1.29 is 8.42 Å². The maximum absolute atomic E-state index is 11.3. The van der Waals surface area contributed by atoms with Gasteiger partial charge in [0.1, 0.15) is 0 Å². The number of nitrogens with one attached hydrogen (secondary N) is 3. The van der Waals surface area contributed by atoms with Crippen LogP contribution in [0.15, 0.2) is 4.99 Å². The van der Waals surface area contributed by atoms with Crippen LogP contribution in [0.2, 0.25) is 0 Å². The van der Waals surface area contributed by atoms with Gasteiger partial charge >= 0.3 is 0 Å². The van der Waals surface area contributed by atoms with Gasteiger partial charge in [0, 0.05) is 26.2 Å². The molecule has 0 aliphatic rings. The number of hydrogen-bond acceptors (Lipinski definition) is 3. The minimum Gasteiger partial charge on any atom is -0.357 e. The average molecular weight is 434 g/mol. The number of halogens is 1. The molecule has 0 aliphatic carbocycles. The van der Waals surface area contributed by atoms with Crippen molar-refractivity contribution in [1.29, 1.82) is 0 Å². The van der Waals surface area contributed by atoms with E-state index in [2.05, 4.69) is 34.2 Å². The summed E-state index contributed by atoms with van der Waals surface area (Å²) in [5.74, 6) is 1.45. The molecule has 0 aromatic rings. The summed E-state index contributed by atoms with van der Waals surface area (Å²) in [5, 5.41) is 6.29. The van der Waals surface area contributed by atoms with Crippen molar-refractivity contribution >= 4 is 40.0 Å². The first-order chi connectivity index (χ1) is 9.49. The molecule has 0 saturated heterocycles. The topological polar surface area (TPSA) is 82.6 Å². The summed E-state index contributed by atoms with van der Waals surface area (Å²) in [6, 6.07) is 0. The van der Waals surface area contributed by atoms with Crippen molar-refractivity contribution in [2.75, 3.05) is 31.9 Å². The second kappa shape index (κ2) is 13.6. The van der Waals surface area contributed by atoms with Gasteiger partial charge < -0.3 is 10.6 Å². The first kappa shape index (κ1) is 23.2. The number of nitrogens with zero attached hydrogens (tertiary/aromatic N) is 1. The largest absolute Gasteiger partial charge is 0.357 e. The van der Waals surface area contributed by atoms with E-state index in [4.69, 9.17) is 0 Å². The standard InChI is InChI=1S/C13H30N4O2S.HI/c1-5-12(6-2)11-16-13(14-7-3)15-9-10-17-20(18,19)8-4;/h12,17H,5-11H2,1-4H3,(H2,14,15,16);1H. The van der Waals surface area contributed by atoms with Crippen molar-refractivity contribution in [3.8, 4) is 0 Å². The Hall–Kier alpha value is -0.0900. The lowest BCUT2D eigenvalue weighted by Crippen LogP contribution is -2.42. The summed E-state index contributed by atoms with van der Waals surface area (Å²) in [5.41, 5.74) is 0. The van der Waals surface area contributed by atoms with Crippen LogP contribution in [-0.4, -0.2) is 46.3 Å². The maximum atomic E-state index is 11.3. The van der Waals surface area contributed by atoms with Gasteiger partial charge in [0.15, 0.2) is 5.96 Å². The Balaban J connectivity index is 0. The van der Waals surface area contributed by atoms with Gasteiger partial charge in [-0.05, 0) is 19.8 Å². The molecule has 0 aliphatic heterocycles. The monoisotopic (exact) mass is 434 g/mol. The third-order valence-corrected chi connectivity index (χ3v) is 4.53. The molecule has 0 unspecified atom stereocenters. The summed E-state index contributed by atoms with van der Waals surface area (Å²) in [6.07, 6.45) is 2.24. The van der Waals surface area contributed by atoms with Gasteiger partial charge in [0.2, 0.25) is 10.0 Å². The lowest BCUT2D eigenvalue weighted by molar-refractivity contribution is 0.504. The Kier molecular flexibility index (Phi) is 15.0. The van der Waals surface area contributed by atoms with E-state index >= 15 is 0 Å². The summed E-state index contributed by atoms with van der Waals surface area (Å²) < 4.78 is 25.1. The first-order valence-corrected chi connectivity index (χ1v) is 9.13. The molecule has 0 saturated carbocycles. The molecule has 0 aromatic heterocycles. The van der Waals surface area contributed by atoms with Crippen LogP contribution in [0.5, 0.6) is 0 Å². The lowest BCUT2D eigenvalue weighted by atomic mass is 10.0. The highest BCUT2D eigenvalue weighted by Gasteiger charge is 2.06. The van der Waals surface area contributed by atoms with Gasteiger partial charge in [0.05, 0.1) is 5.75 Å². The van der Waals surface area contributed by atoms with Gasteiger partial charge in [-0.2, -0.15) is 0 Å². The van der Waals surface area contributed by atoms with Crippen LogP contribution >= 0.6 is 24.0 Å². The second-order valence-electron chi connectivity index (χ2n) is 4.63. The van der Waals surface area contributed by atoms with Gasteiger partial charge in [-0.25, -0.2) is 13.1 Å². The number of sulfonamides is 1. The SMILES string of the molecule is CCNC(=NCC(CC)CC)NCCNS(=O)(=O)CC.I. The lowest BCUT2D eigenvalue weighted by Gasteiger charge is -2.14. The fourth-order valence-corrected chi connectivity index (χ4v) is 2.22. The number of aliphatic imine (C=N–C) groups is 1. The van der Waals surface area contributed by atoms with E-state index in [0.29, 0.717) is 19.0 Å². The molecule has 0 aromatic carbocycles. The van der Waals surface area contributed by atoms with Crippen molar-refractivity contribution in [2.45, 2.75) is 40.5 Å². The van der Waals surface area contributed by atoms with Crippen LogP contribution < -0.4 is 15.4 Å². The van der Waals surface area contributed by atoms with E-state index in [1.54, 1.807) is 6.92 Å². The Bertz CT molecular complexity index is 370. The number of guanidine groups is 1. The van der Waals surface area contributed by atoms with Gasteiger partial charge in [0.25, 0.3) is 0 Å². The molecule has 0 atom stereocenters. The van der Waals surface area contributed by atoms with Crippen LogP contribution in [0.25, 0.3) is 0 Å². The summed E-state index contributed by atoms with van der Waals surface area (Å²) in [6.45, 7) is 10.4. The van der Waals surface area contributed by atoms with Gasteiger partial charge in [-0.3, -0.25) is 4.99 Å². The van der Waals surface area contributed by atoms with E-state index in [-0.39, 0.29) is 29.7 Å². The third kappa shape index (κ3) is 12.2. The van der Waals surface area contributed by atoms with E-state index in [0.717, 1.165) is 31.9 Å². The average Bonchev–Trinajstić information content (AvgIpc) is 2.44. The zero-order valence-corrected chi connectivity index (χ0v) is 16.8. The summed E-state index contributed by atoms with van der Waals surface area (Å²) in [4.78, 5) is 4.53. The van der Waals surface area contributed by atoms with Crippen molar-refractivity contribution in [1.82, 2.24) is 15.4 Å². The molecule has 6 nitrogen and oxygen atoms in total. The van der Waals surface area contributed by atoms with Crippen LogP contribution in [0, 0.1) is 5.92 Å². The van der Waals surface area contributed by atoms with E-state index in [1.807, 2.05) is 6.92 Å². The van der Waals surface area contributed by atoms with Crippen LogP contribution in [0.1, 0.15) is 40.5 Å². The van der Waals surface area contributed by atoms with Gasteiger partial charge in [-0.15, -0.1) is 24.0 Å². The quantitative estimate of drug-likeness (QED) is 0.211. The molecule has 3 N–H and O–H groups in total. The van der Waals surface area contributed by atoms with Crippen molar-refractivity contribution in [2.24, 2.45) is 10.9 Å². The second-order valence-corrected chi connectivity index (χ2v) is 6.72. The molecule has 0 heterocycles. The Morgan fingerprint density at radius 3 is 2.14 bits per heavy atom. The van der Waals surface area contributed by atoms with E-state index < -0.39 is 10.0 Å². The maximum Gasteiger partial charge on any atom is 0.211 e. The molecular formula is C13H31IN4O2S. The molecule has 0 bridgehead atoms. The highest BCUT2D eigenvalue weighted by atomic mass is 127. The molecule has 0 rings (SSSR count). The van der Waals surface area contributed by atoms with Gasteiger partial charge in [-0.1, -0.05) is 26.7 Å². The Labute approximate surface area is 147 Å². The fourth-order valence-electron chi connectivity index (χ4n) is 1.60. The minimum atomic E-state index is -3.11. The van der Waals surface area contributed by atoms with Crippen LogP contribution in [0.4, 0.5) is 0 Å². The molecular weight excluding hydrogens is 403 g/mol. The zero-order valence-electron chi connectivity index (χ0n) is 13.6. The van der Waals surface area contributed by atoms with Crippen LogP contribution in [0.3, 0.4) is 0 Å². The zero-order chi connectivity index (χ0) is 15.4. The molecule has 21 heavy (non-hydrogen) atoms. The number of hydrogen-bond donors (Lipinski definition) is 3. The first-order valence-electron chi connectivity index (χ1n) is 7.48. The van der Waals surface area contributed by atoms with Crippen molar-refractivity contribution in [3.63, 3.8) is 0 Å². The fraction of sp³-hybridized carbons (Fsp3) is 0.923. The minimum absolute atomic E-state index is 0. The molecule has 128 valence electrons. The summed E-state index contributed by atoms with van der Waals surface area (Å²) in [7, 11) is -3.11. The van der Waals surface area contributed by atoms with E-state index in [1.165, 1.54) is 0 Å². The number of rotatable bonds is 10. The molecule has 0 spiro atoms. The highest BCUT2D eigenvalue weighted by Crippen LogP contribution is 2.06. The molecule has 0 fully saturated rings. The Morgan fingerprint density at radius 2 is 1.67 bits per heavy atom. The van der Waals surface area contributed by atoms with E-state index in [9.17, 15) is 8.42 Å².